The van der Waals surface area contributed by atoms with Gasteiger partial charge in [0, 0.05) is 17.5 Å². The van der Waals surface area contributed by atoms with Gasteiger partial charge >= 0.3 is 11.6 Å². The van der Waals surface area contributed by atoms with E-state index in [9.17, 15) is 24.9 Å². The van der Waals surface area contributed by atoms with Crippen LogP contribution in [0.3, 0.4) is 0 Å². The van der Waals surface area contributed by atoms with Crippen LogP contribution in [0.5, 0.6) is 5.75 Å². The Bertz CT molecular complexity index is 858. The zero-order valence-corrected chi connectivity index (χ0v) is 13.0. The van der Waals surface area contributed by atoms with E-state index in [1.807, 2.05) is 0 Å². The molecule has 2 aromatic rings. The van der Waals surface area contributed by atoms with E-state index in [0.29, 0.717) is 10.9 Å². The predicted molar refractivity (Wildman–Crippen MR) is 82.2 cm³/mol. The van der Waals surface area contributed by atoms with Crippen molar-refractivity contribution < 1.29 is 39.1 Å². The molecule has 1 saturated heterocycles. The summed E-state index contributed by atoms with van der Waals surface area (Å²) in [5.41, 5.74) is 0.403. The highest BCUT2D eigenvalue weighted by Crippen LogP contribution is 2.27. The molecule has 1 fully saturated rings. The van der Waals surface area contributed by atoms with Crippen molar-refractivity contribution in [2.24, 2.45) is 0 Å². The Morgan fingerprint density at radius 2 is 1.84 bits per heavy atom. The standard InChI is InChI=1S/C16H16O9/c1-6-4-10(17)24-9-5-7(2-3-8(6)9)23-16-13(20)11(18)12(19)14(25-16)15(21)22/h2-5,11-14,16,18-20H,1H3,(H,21,22)/t11-,12-,13-,14-,16-/m1/s1. The van der Waals surface area contributed by atoms with Crippen molar-refractivity contribution in [2.45, 2.75) is 37.6 Å². The molecule has 1 aliphatic heterocycles. The van der Waals surface area contributed by atoms with Crippen molar-refractivity contribution >= 4 is 16.9 Å². The van der Waals surface area contributed by atoms with Gasteiger partial charge in [0.1, 0.15) is 29.6 Å². The van der Waals surface area contributed by atoms with Crippen molar-refractivity contribution in [1.82, 2.24) is 0 Å². The van der Waals surface area contributed by atoms with Gasteiger partial charge < -0.3 is 34.3 Å². The van der Waals surface area contributed by atoms with Gasteiger partial charge in [0.25, 0.3) is 0 Å². The number of benzene rings is 1. The minimum absolute atomic E-state index is 0.123. The first kappa shape index (κ1) is 17.4. The fourth-order valence-electron chi connectivity index (χ4n) is 2.66. The van der Waals surface area contributed by atoms with Crippen LogP contribution < -0.4 is 10.4 Å². The van der Waals surface area contributed by atoms with E-state index in [-0.39, 0.29) is 11.3 Å². The number of fused-ring (bicyclic) bond motifs is 1. The first-order valence-electron chi connectivity index (χ1n) is 7.41. The molecule has 25 heavy (non-hydrogen) atoms. The molecular weight excluding hydrogens is 336 g/mol. The Balaban J connectivity index is 1.89. The highest BCUT2D eigenvalue weighted by Gasteiger charge is 2.48. The molecule has 0 unspecified atom stereocenters. The van der Waals surface area contributed by atoms with Gasteiger partial charge in [-0.05, 0) is 24.6 Å². The van der Waals surface area contributed by atoms with E-state index >= 15 is 0 Å². The van der Waals surface area contributed by atoms with E-state index < -0.39 is 42.3 Å². The zero-order valence-electron chi connectivity index (χ0n) is 13.0. The Morgan fingerprint density at radius 3 is 2.52 bits per heavy atom. The summed E-state index contributed by atoms with van der Waals surface area (Å²) in [4.78, 5) is 22.5. The van der Waals surface area contributed by atoms with Crippen molar-refractivity contribution in [3.63, 3.8) is 0 Å². The van der Waals surface area contributed by atoms with Crippen LogP contribution in [-0.4, -0.2) is 57.1 Å². The second-order valence-corrected chi connectivity index (χ2v) is 5.76. The largest absolute Gasteiger partial charge is 0.479 e. The van der Waals surface area contributed by atoms with Gasteiger partial charge in [0.15, 0.2) is 6.10 Å². The lowest BCUT2D eigenvalue weighted by molar-refractivity contribution is -0.271. The predicted octanol–water partition coefficient (Wildman–Crippen LogP) is -0.628. The number of rotatable bonds is 3. The zero-order chi connectivity index (χ0) is 18.3. The molecule has 0 radical (unpaired) electrons. The first-order chi connectivity index (χ1) is 11.8. The minimum atomic E-state index is -1.80. The van der Waals surface area contributed by atoms with Crippen molar-refractivity contribution in [2.75, 3.05) is 0 Å². The molecule has 0 saturated carbocycles. The molecule has 1 aromatic carbocycles. The van der Waals surface area contributed by atoms with E-state index in [4.69, 9.17) is 19.0 Å². The third kappa shape index (κ3) is 3.22. The van der Waals surface area contributed by atoms with Crippen LogP contribution in [0.15, 0.2) is 33.5 Å². The number of aryl methyl sites for hydroxylation is 1. The number of hydrogen-bond donors (Lipinski definition) is 4. The third-order valence-electron chi connectivity index (χ3n) is 3.99. The van der Waals surface area contributed by atoms with E-state index in [1.54, 1.807) is 13.0 Å². The van der Waals surface area contributed by atoms with Gasteiger partial charge in [0.05, 0.1) is 0 Å². The lowest BCUT2D eigenvalue weighted by Crippen LogP contribution is -2.61. The number of carboxylic acid groups (broad SMARTS) is 1. The first-order valence-corrected chi connectivity index (χ1v) is 7.41. The molecule has 0 amide bonds. The van der Waals surface area contributed by atoms with E-state index in [0.717, 1.165) is 0 Å². The van der Waals surface area contributed by atoms with E-state index in [1.165, 1.54) is 18.2 Å². The molecule has 4 N–H and O–H groups in total. The summed E-state index contributed by atoms with van der Waals surface area (Å²) in [6, 6.07) is 5.86. The fourth-order valence-corrected chi connectivity index (χ4v) is 2.66. The number of aliphatic hydroxyl groups excluding tert-OH is 3. The SMILES string of the molecule is Cc1cc(=O)oc2cc(O[C@@H]3O[C@@H](C(=O)O)[C@H](O)[C@@H](O)[C@H]3O)ccc12. The van der Waals surface area contributed by atoms with Gasteiger partial charge in [0.2, 0.25) is 6.29 Å². The fraction of sp³-hybridized carbons (Fsp3) is 0.375. The van der Waals surface area contributed by atoms with Gasteiger partial charge in [-0.15, -0.1) is 0 Å². The maximum absolute atomic E-state index is 11.5. The molecule has 0 spiro atoms. The molecule has 2 heterocycles. The molecule has 3 rings (SSSR count). The van der Waals surface area contributed by atoms with Crippen molar-refractivity contribution in [3.8, 4) is 5.75 Å². The van der Waals surface area contributed by atoms with Crippen LogP contribution >= 0.6 is 0 Å². The summed E-state index contributed by atoms with van der Waals surface area (Å²) in [5.74, 6) is -1.38. The Morgan fingerprint density at radius 1 is 1.12 bits per heavy atom. The Kier molecular flexibility index (Phi) is 4.48. The van der Waals surface area contributed by atoms with Crippen LogP contribution in [0.25, 0.3) is 11.0 Å². The van der Waals surface area contributed by atoms with Crippen molar-refractivity contribution in [1.29, 1.82) is 0 Å². The Labute approximate surface area is 140 Å². The maximum atomic E-state index is 11.5. The summed E-state index contributed by atoms with van der Waals surface area (Å²) in [6.45, 7) is 1.74. The number of carboxylic acids is 1. The maximum Gasteiger partial charge on any atom is 0.336 e. The van der Waals surface area contributed by atoms with Gasteiger partial charge in [-0.1, -0.05) is 0 Å². The van der Waals surface area contributed by atoms with Crippen LogP contribution in [0.2, 0.25) is 0 Å². The van der Waals surface area contributed by atoms with E-state index in [2.05, 4.69) is 0 Å². The number of aliphatic hydroxyl groups is 3. The smallest absolute Gasteiger partial charge is 0.336 e. The van der Waals surface area contributed by atoms with Gasteiger partial charge in [-0.25, -0.2) is 9.59 Å². The summed E-state index contributed by atoms with van der Waals surface area (Å²) in [5, 5.41) is 39.1. The number of hydrogen-bond acceptors (Lipinski definition) is 8. The molecule has 9 heteroatoms. The Hall–Kier alpha value is -2.46. The molecule has 1 aromatic heterocycles. The lowest BCUT2D eigenvalue weighted by atomic mass is 9.99. The average Bonchev–Trinajstić information content (AvgIpc) is 2.54. The van der Waals surface area contributed by atoms with Crippen LogP contribution in [0.1, 0.15) is 5.56 Å². The van der Waals surface area contributed by atoms with Gasteiger partial charge in [-0.3, -0.25) is 0 Å². The average molecular weight is 352 g/mol. The minimum Gasteiger partial charge on any atom is -0.479 e. The second-order valence-electron chi connectivity index (χ2n) is 5.76. The molecule has 1 aliphatic rings. The topological polar surface area (TPSA) is 147 Å². The van der Waals surface area contributed by atoms with Gasteiger partial charge in [-0.2, -0.15) is 0 Å². The summed E-state index contributed by atoms with van der Waals surface area (Å²) >= 11 is 0. The summed E-state index contributed by atoms with van der Waals surface area (Å²) in [7, 11) is 0. The lowest BCUT2D eigenvalue weighted by Gasteiger charge is -2.38. The van der Waals surface area contributed by atoms with Crippen LogP contribution in [-0.2, 0) is 9.53 Å². The molecule has 0 bridgehead atoms. The quantitative estimate of drug-likeness (QED) is 0.530. The normalized spacial score (nSPS) is 29.5. The molecule has 9 nitrogen and oxygen atoms in total. The molecule has 0 aliphatic carbocycles. The number of aliphatic carboxylic acids is 1. The summed E-state index contributed by atoms with van der Waals surface area (Å²) < 4.78 is 15.5. The second kappa shape index (κ2) is 6.45. The number of ether oxygens (including phenoxy) is 2. The van der Waals surface area contributed by atoms with Crippen LogP contribution in [0.4, 0.5) is 0 Å². The molecule has 134 valence electrons. The van der Waals surface area contributed by atoms with Crippen LogP contribution in [0, 0.1) is 6.92 Å². The molecular formula is C16H16O9. The monoisotopic (exact) mass is 352 g/mol. The number of carbonyl (C=O) groups is 1. The summed E-state index contributed by atoms with van der Waals surface area (Å²) in [6.07, 6.45) is -8.53. The highest BCUT2D eigenvalue weighted by atomic mass is 16.7. The third-order valence-corrected chi connectivity index (χ3v) is 3.99. The molecule has 5 atom stereocenters. The highest BCUT2D eigenvalue weighted by molar-refractivity contribution is 5.81. The van der Waals surface area contributed by atoms with Crippen molar-refractivity contribution in [3.05, 3.63) is 40.2 Å².